The van der Waals surface area contributed by atoms with Gasteiger partial charge in [-0.25, -0.2) is 0 Å². The fourth-order valence-corrected chi connectivity index (χ4v) is 4.82. The Hall–Kier alpha value is -4.82. The molecule has 0 saturated heterocycles. The molecule has 4 aromatic carbocycles. The normalized spacial score (nSPS) is 10.6. The Morgan fingerprint density at radius 3 is 0.974 bits per heavy atom. The third-order valence-corrected chi connectivity index (χ3v) is 6.96. The predicted octanol–water partition coefficient (Wildman–Crippen LogP) is 7.72. The van der Waals surface area contributed by atoms with Crippen LogP contribution in [0.1, 0.15) is 29.7 Å². The van der Waals surface area contributed by atoms with Crippen molar-refractivity contribution in [2.45, 2.75) is 20.3 Å². The zero-order valence-corrected chi connectivity index (χ0v) is 21.3. The highest BCUT2D eigenvalue weighted by Crippen LogP contribution is 2.18. The molecule has 2 nitrogen and oxygen atoms in total. The van der Waals surface area contributed by atoms with E-state index in [1.165, 1.54) is 33.4 Å². The van der Waals surface area contributed by atoms with Gasteiger partial charge in [0.2, 0.25) is 11.4 Å². The summed E-state index contributed by atoms with van der Waals surface area (Å²) in [5.74, 6) is 0. The highest BCUT2D eigenvalue weighted by Gasteiger charge is 2.10. The van der Waals surface area contributed by atoms with E-state index in [2.05, 4.69) is 167 Å². The van der Waals surface area contributed by atoms with Crippen LogP contribution in [-0.2, 0) is 12.8 Å². The number of hydrogen-bond donors (Lipinski definition) is 0. The molecule has 0 radical (unpaired) electrons. The summed E-state index contributed by atoms with van der Waals surface area (Å²) in [5, 5.41) is 0. The van der Waals surface area contributed by atoms with E-state index in [9.17, 15) is 0 Å². The lowest BCUT2D eigenvalue weighted by Gasteiger charge is -2.04. The Kier molecular flexibility index (Phi) is 8.04. The molecule has 0 spiro atoms. The molecule has 0 bridgehead atoms. The Morgan fingerprint density at radius 2 is 0.641 bits per heavy atom. The summed E-state index contributed by atoms with van der Waals surface area (Å²) in [6.45, 7) is 0. The molecule has 0 aliphatic rings. The number of aromatic nitrogens is 2. The van der Waals surface area contributed by atoms with Crippen LogP contribution in [0.5, 0.6) is 0 Å². The summed E-state index contributed by atoms with van der Waals surface area (Å²) < 4.78 is 4.33. The first-order valence-corrected chi connectivity index (χ1v) is 13.1. The predicted molar refractivity (Wildman–Crippen MR) is 160 cm³/mol. The van der Waals surface area contributed by atoms with E-state index in [1.807, 2.05) is 0 Å². The van der Waals surface area contributed by atoms with Crippen LogP contribution in [-0.4, -0.2) is 0 Å². The molecule has 0 unspecified atom stereocenters. The molecule has 2 heteroatoms. The van der Waals surface area contributed by atoms with Crippen LogP contribution >= 0.6 is 0 Å². The number of hydrogen-bond acceptors (Lipinski definition) is 0. The summed E-state index contributed by atoms with van der Waals surface area (Å²) in [6.07, 6.45) is 10.4. The van der Waals surface area contributed by atoms with Gasteiger partial charge in [0.1, 0.15) is 0 Å². The van der Waals surface area contributed by atoms with Gasteiger partial charge in [-0.15, -0.1) is 0 Å². The molecular weight excluding hydrogens is 472 g/mol. The summed E-state index contributed by atoms with van der Waals surface area (Å²) >= 11 is 0. The average molecular weight is 507 g/mol. The van der Waals surface area contributed by atoms with Gasteiger partial charge in [0, 0.05) is 48.5 Å². The summed E-state index contributed by atoms with van der Waals surface area (Å²) in [7, 11) is 0. The van der Waals surface area contributed by atoms with E-state index in [-0.39, 0.29) is 7.43 Å². The zero-order chi connectivity index (χ0) is 25.6. The molecule has 0 fully saturated rings. The number of pyridine rings is 2. The molecule has 0 saturated carbocycles. The fourth-order valence-electron chi connectivity index (χ4n) is 4.82. The highest BCUT2D eigenvalue weighted by molar-refractivity contribution is 5.61. The van der Waals surface area contributed by atoms with Gasteiger partial charge in [0.05, 0.1) is 0 Å². The molecule has 0 atom stereocenters. The second kappa shape index (κ2) is 12.1. The average Bonchev–Trinajstić information content (AvgIpc) is 2.99. The van der Waals surface area contributed by atoms with Gasteiger partial charge in [-0.3, -0.25) is 0 Å². The van der Waals surface area contributed by atoms with E-state index in [1.54, 1.807) is 0 Å². The Morgan fingerprint density at radius 1 is 0.333 bits per heavy atom. The van der Waals surface area contributed by atoms with Crippen molar-refractivity contribution in [1.82, 2.24) is 0 Å². The highest BCUT2D eigenvalue weighted by atomic mass is 14.9. The van der Waals surface area contributed by atoms with Gasteiger partial charge in [0.25, 0.3) is 0 Å². The van der Waals surface area contributed by atoms with Crippen molar-refractivity contribution in [3.05, 3.63) is 181 Å². The minimum atomic E-state index is 0. The van der Waals surface area contributed by atoms with Crippen LogP contribution in [0.15, 0.2) is 158 Å². The monoisotopic (exact) mass is 506 g/mol. The molecule has 2 heterocycles. The second-order valence-electron chi connectivity index (χ2n) is 9.65. The third kappa shape index (κ3) is 6.37. The molecule has 0 amide bonds. The van der Waals surface area contributed by atoms with E-state index in [0.29, 0.717) is 0 Å². The van der Waals surface area contributed by atoms with Crippen molar-refractivity contribution in [3.8, 4) is 22.5 Å². The molecule has 0 aliphatic carbocycles. The molecule has 6 rings (SSSR count). The van der Waals surface area contributed by atoms with Crippen molar-refractivity contribution >= 4 is 0 Å². The summed E-state index contributed by atoms with van der Waals surface area (Å²) in [4.78, 5) is 0. The quantitative estimate of drug-likeness (QED) is 0.196. The fraction of sp³-hybridized carbons (Fsp3) is 0.0811. The lowest BCUT2D eigenvalue weighted by atomic mass is 10.0. The molecule has 2 aromatic heterocycles. The molecule has 190 valence electrons. The van der Waals surface area contributed by atoms with Gasteiger partial charge in [0.15, 0.2) is 24.8 Å². The maximum absolute atomic E-state index is 2.22. The van der Waals surface area contributed by atoms with E-state index >= 15 is 0 Å². The summed E-state index contributed by atoms with van der Waals surface area (Å²) in [6, 6.07) is 47.5. The van der Waals surface area contributed by atoms with Crippen molar-refractivity contribution in [3.63, 3.8) is 0 Å². The maximum Gasteiger partial charge on any atom is 0.210 e. The van der Waals surface area contributed by atoms with Gasteiger partial charge in [-0.05, 0) is 46.2 Å². The van der Waals surface area contributed by atoms with Crippen LogP contribution < -0.4 is 9.13 Å². The number of benzene rings is 4. The van der Waals surface area contributed by atoms with Gasteiger partial charge < -0.3 is 0 Å². The molecule has 6 aromatic rings. The van der Waals surface area contributed by atoms with Crippen LogP contribution in [0.25, 0.3) is 22.5 Å². The van der Waals surface area contributed by atoms with E-state index < -0.39 is 0 Å². The van der Waals surface area contributed by atoms with Crippen LogP contribution in [0, 0.1) is 0 Å². The molecule has 39 heavy (non-hydrogen) atoms. The smallest absolute Gasteiger partial charge is 0.167 e. The topological polar surface area (TPSA) is 7.76 Å². The van der Waals surface area contributed by atoms with Crippen LogP contribution in [0.2, 0.25) is 0 Å². The van der Waals surface area contributed by atoms with E-state index in [0.717, 1.165) is 24.2 Å². The van der Waals surface area contributed by atoms with Crippen LogP contribution in [0.3, 0.4) is 0 Å². The van der Waals surface area contributed by atoms with Gasteiger partial charge in [-0.2, -0.15) is 9.13 Å². The maximum atomic E-state index is 2.22. The largest absolute Gasteiger partial charge is 0.210 e. The Balaban J connectivity index is 0.00000308. The minimum Gasteiger partial charge on any atom is -0.167 e. The molecule has 0 aliphatic heterocycles. The third-order valence-electron chi connectivity index (χ3n) is 6.96. The van der Waals surface area contributed by atoms with Gasteiger partial charge >= 0.3 is 0 Å². The first-order valence-electron chi connectivity index (χ1n) is 13.1. The summed E-state index contributed by atoms with van der Waals surface area (Å²) in [5.41, 5.74) is 10.0. The lowest BCUT2D eigenvalue weighted by molar-refractivity contribution is -0.596. The van der Waals surface area contributed by atoms with Gasteiger partial charge in [-0.1, -0.05) is 92.4 Å². The van der Waals surface area contributed by atoms with Crippen molar-refractivity contribution in [1.29, 1.82) is 0 Å². The standard InChI is InChI=1S/C36H30N2.CH4/c1-3-7-29(8-4-1)27-31-11-15-35(16-12-31)37-23-19-33(20-24-37)34-21-25-38(26-22-34)36-17-13-32(14-18-36)28-30-9-5-2-6-10-30;/h1-26H,27-28H2;1H4/q+2;. The number of rotatable bonds is 7. The Labute approximate surface area is 232 Å². The zero-order valence-electron chi connectivity index (χ0n) is 21.3. The van der Waals surface area contributed by atoms with Crippen molar-refractivity contribution < 1.29 is 9.13 Å². The minimum absolute atomic E-state index is 0. The van der Waals surface area contributed by atoms with E-state index in [4.69, 9.17) is 0 Å². The lowest BCUT2D eigenvalue weighted by Crippen LogP contribution is -2.29. The van der Waals surface area contributed by atoms with Crippen molar-refractivity contribution in [2.75, 3.05) is 0 Å². The SMILES string of the molecule is C.c1ccc(Cc2ccc(-[n+]3ccc(-c4cc[n+](-c5ccc(Cc6ccccc6)cc5)cc4)cc3)cc2)cc1. The first kappa shape index (κ1) is 25.8. The molecular formula is C37H34N2+2. The first-order chi connectivity index (χ1) is 18.8. The van der Waals surface area contributed by atoms with Crippen molar-refractivity contribution in [2.24, 2.45) is 0 Å². The Bertz CT molecular complexity index is 1460. The van der Waals surface area contributed by atoms with Crippen LogP contribution in [0.4, 0.5) is 0 Å². The molecule has 0 N–H and O–H groups in total. The second-order valence-corrected chi connectivity index (χ2v) is 9.65. The number of nitrogens with zero attached hydrogens (tertiary/aromatic N) is 2.